The van der Waals surface area contributed by atoms with E-state index < -0.39 is 0 Å². The van der Waals surface area contributed by atoms with Gasteiger partial charge in [-0.25, -0.2) is 4.39 Å². The zero-order valence-corrected chi connectivity index (χ0v) is 11.4. The summed E-state index contributed by atoms with van der Waals surface area (Å²) in [5.41, 5.74) is 7.80. The Bertz CT molecular complexity index is 670. The van der Waals surface area contributed by atoms with Gasteiger partial charge in [0.1, 0.15) is 23.9 Å². The van der Waals surface area contributed by atoms with E-state index in [1.807, 2.05) is 17.0 Å². The standard InChI is InChI=1S/C16H15FN2O2/c17-12-6-4-11(5-7-12)14(20)10-19-8-9-21-15-3-1-2-13(18)16(15)19/h1-7H,8-10,18H2. The molecule has 3 rings (SSSR count). The lowest BCUT2D eigenvalue weighted by atomic mass is 10.1. The second-order valence-electron chi connectivity index (χ2n) is 4.89. The van der Waals surface area contributed by atoms with E-state index >= 15 is 0 Å². The molecule has 21 heavy (non-hydrogen) atoms. The number of halogens is 1. The van der Waals surface area contributed by atoms with Crippen LogP contribution in [0, 0.1) is 5.82 Å². The van der Waals surface area contributed by atoms with Crippen LogP contribution >= 0.6 is 0 Å². The third-order valence-corrected chi connectivity index (χ3v) is 3.47. The zero-order valence-electron chi connectivity index (χ0n) is 11.4. The predicted molar refractivity (Wildman–Crippen MR) is 79.3 cm³/mol. The Morgan fingerprint density at radius 2 is 2.00 bits per heavy atom. The first-order chi connectivity index (χ1) is 10.1. The first-order valence-corrected chi connectivity index (χ1v) is 6.70. The van der Waals surface area contributed by atoms with Crippen LogP contribution in [0.1, 0.15) is 10.4 Å². The first kappa shape index (κ1) is 13.4. The van der Waals surface area contributed by atoms with Crippen LogP contribution in [0.15, 0.2) is 42.5 Å². The highest BCUT2D eigenvalue weighted by Gasteiger charge is 2.22. The maximum Gasteiger partial charge on any atom is 0.182 e. The van der Waals surface area contributed by atoms with Gasteiger partial charge in [-0.2, -0.15) is 0 Å². The van der Waals surface area contributed by atoms with Crippen molar-refractivity contribution in [3.05, 3.63) is 53.8 Å². The van der Waals surface area contributed by atoms with E-state index in [4.69, 9.17) is 10.5 Å². The Kier molecular flexibility index (Phi) is 3.48. The minimum Gasteiger partial charge on any atom is -0.489 e. The third-order valence-electron chi connectivity index (χ3n) is 3.47. The van der Waals surface area contributed by atoms with Crippen molar-refractivity contribution in [1.82, 2.24) is 0 Å². The summed E-state index contributed by atoms with van der Waals surface area (Å²) in [6, 6.07) is 11.0. The number of fused-ring (bicyclic) bond motifs is 1. The van der Waals surface area contributed by atoms with E-state index in [0.29, 0.717) is 30.2 Å². The molecule has 4 nitrogen and oxygen atoms in total. The van der Waals surface area contributed by atoms with Gasteiger partial charge in [-0.3, -0.25) is 4.79 Å². The van der Waals surface area contributed by atoms with E-state index in [1.165, 1.54) is 24.3 Å². The number of nitrogens with two attached hydrogens (primary N) is 1. The number of rotatable bonds is 3. The molecule has 2 N–H and O–H groups in total. The maximum atomic E-state index is 12.9. The highest BCUT2D eigenvalue weighted by molar-refractivity contribution is 6.00. The number of para-hydroxylation sites is 1. The van der Waals surface area contributed by atoms with Gasteiger partial charge >= 0.3 is 0 Å². The molecule has 0 spiro atoms. The molecule has 108 valence electrons. The molecule has 0 bridgehead atoms. The number of benzene rings is 2. The third kappa shape index (κ3) is 2.67. The summed E-state index contributed by atoms with van der Waals surface area (Å²) >= 11 is 0. The van der Waals surface area contributed by atoms with Gasteiger partial charge in [-0.15, -0.1) is 0 Å². The number of ether oxygens (including phenoxy) is 1. The molecule has 1 heterocycles. The Labute approximate surface area is 121 Å². The topological polar surface area (TPSA) is 55.6 Å². The molecule has 0 saturated carbocycles. The van der Waals surface area contributed by atoms with Crippen molar-refractivity contribution in [2.45, 2.75) is 0 Å². The largest absolute Gasteiger partial charge is 0.489 e. The van der Waals surface area contributed by atoms with Crippen LogP contribution in [-0.4, -0.2) is 25.5 Å². The zero-order chi connectivity index (χ0) is 14.8. The summed E-state index contributed by atoms with van der Waals surface area (Å²) in [4.78, 5) is 14.2. The van der Waals surface area contributed by atoms with Crippen molar-refractivity contribution < 1.29 is 13.9 Å². The number of ketones is 1. The molecule has 0 radical (unpaired) electrons. The molecular weight excluding hydrogens is 271 g/mol. The van der Waals surface area contributed by atoms with Gasteiger partial charge in [-0.1, -0.05) is 6.07 Å². The lowest BCUT2D eigenvalue weighted by molar-refractivity contribution is 0.0997. The molecule has 0 atom stereocenters. The number of carbonyl (C=O) groups excluding carboxylic acids is 1. The van der Waals surface area contributed by atoms with Gasteiger partial charge in [0.15, 0.2) is 5.78 Å². The van der Waals surface area contributed by atoms with E-state index in [2.05, 4.69) is 0 Å². The van der Waals surface area contributed by atoms with Gasteiger partial charge in [0.25, 0.3) is 0 Å². The number of nitrogens with zero attached hydrogens (tertiary/aromatic N) is 1. The normalized spacial score (nSPS) is 13.5. The average Bonchev–Trinajstić information content (AvgIpc) is 2.48. The fourth-order valence-corrected chi connectivity index (χ4v) is 2.43. The lowest BCUT2D eigenvalue weighted by Crippen LogP contribution is -2.37. The quantitative estimate of drug-likeness (QED) is 0.695. The monoisotopic (exact) mass is 286 g/mol. The van der Waals surface area contributed by atoms with Gasteiger partial charge in [0.05, 0.1) is 18.8 Å². The van der Waals surface area contributed by atoms with Crippen LogP contribution in [0.4, 0.5) is 15.8 Å². The summed E-state index contributed by atoms with van der Waals surface area (Å²) < 4.78 is 18.5. The molecule has 0 aliphatic carbocycles. The van der Waals surface area contributed by atoms with Crippen molar-refractivity contribution in [3.8, 4) is 5.75 Å². The maximum absolute atomic E-state index is 12.9. The molecule has 1 aliphatic heterocycles. The first-order valence-electron chi connectivity index (χ1n) is 6.70. The van der Waals surface area contributed by atoms with Crippen LogP contribution in [0.25, 0.3) is 0 Å². The fourth-order valence-electron chi connectivity index (χ4n) is 2.43. The number of carbonyl (C=O) groups is 1. The van der Waals surface area contributed by atoms with Gasteiger partial charge in [0, 0.05) is 5.56 Å². The number of anilines is 2. The summed E-state index contributed by atoms with van der Waals surface area (Å²) in [6.45, 7) is 1.29. The number of nitrogen functional groups attached to an aromatic ring is 1. The highest BCUT2D eigenvalue weighted by atomic mass is 19.1. The molecule has 5 heteroatoms. The minimum atomic E-state index is -0.354. The molecule has 0 unspecified atom stereocenters. The lowest BCUT2D eigenvalue weighted by Gasteiger charge is -2.31. The Morgan fingerprint density at radius 3 is 2.76 bits per heavy atom. The van der Waals surface area contributed by atoms with Crippen molar-refractivity contribution in [2.24, 2.45) is 0 Å². The number of Topliss-reactive ketones (excluding diaryl/α,β-unsaturated/α-hetero) is 1. The molecule has 0 aromatic heterocycles. The van der Waals surface area contributed by atoms with Gasteiger partial charge in [0.2, 0.25) is 0 Å². The SMILES string of the molecule is Nc1cccc2c1N(CC(=O)c1ccc(F)cc1)CCO2. The number of hydrogen-bond donors (Lipinski definition) is 1. The van der Waals surface area contributed by atoms with Crippen LogP contribution in [0.3, 0.4) is 0 Å². The number of hydrogen-bond acceptors (Lipinski definition) is 4. The molecule has 0 saturated heterocycles. The van der Waals surface area contributed by atoms with Crippen LogP contribution in [0.2, 0.25) is 0 Å². The van der Waals surface area contributed by atoms with Crippen LogP contribution in [0.5, 0.6) is 5.75 Å². The summed E-state index contributed by atoms with van der Waals surface area (Å²) in [6.07, 6.45) is 0. The highest BCUT2D eigenvalue weighted by Crippen LogP contribution is 2.36. The summed E-state index contributed by atoms with van der Waals surface area (Å²) in [5, 5.41) is 0. The minimum absolute atomic E-state index is 0.0777. The Hall–Kier alpha value is -2.56. The van der Waals surface area contributed by atoms with Crippen molar-refractivity contribution in [1.29, 1.82) is 0 Å². The van der Waals surface area contributed by atoms with E-state index in [0.717, 1.165) is 5.69 Å². The van der Waals surface area contributed by atoms with Crippen molar-refractivity contribution in [3.63, 3.8) is 0 Å². The smallest absolute Gasteiger partial charge is 0.182 e. The van der Waals surface area contributed by atoms with E-state index in [-0.39, 0.29) is 18.1 Å². The summed E-state index contributed by atoms with van der Waals surface area (Å²) in [7, 11) is 0. The molecule has 1 aliphatic rings. The molecule has 2 aromatic rings. The van der Waals surface area contributed by atoms with Gasteiger partial charge < -0.3 is 15.4 Å². The van der Waals surface area contributed by atoms with E-state index in [1.54, 1.807) is 6.07 Å². The van der Waals surface area contributed by atoms with E-state index in [9.17, 15) is 9.18 Å². The van der Waals surface area contributed by atoms with Crippen molar-refractivity contribution in [2.75, 3.05) is 30.3 Å². The molecular formula is C16H15FN2O2. The van der Waals surface area contributed by atoms with Crippen LogP contribution < -0.4 is 15.4 Å². The second kappa shape index (κ2) is 5.44. The predicted octanol–water partition coefficient (Wildman–Crippen LogP) is 2.49. The van der Waals surface area contributed by atoms with Crippen LogP contribution in [-0.2, 0) is 0 Å². The van der Waals surface area contributed by atoms with Crippen molar-refractivity contribution >= 4 is 17.2 Å². The Morgan fingerprint density at radius 1 is 1.24 bits per heavy atom. The molecule has 2 aromatic carbocycles. The molecule has 0 amide bonds. The summed E-state index contributed by atoms with van der Waals surface area (Å²) in [5.74, 6) is 0.256. The molecule has 0 fully saturated rings. The Balaban J connectivity index is 1.83. The van der Waals surface area contributed by atoms with Gasteiger partial charge in [-0.05, 0) is 36.4 Å². The average molecular weight is 286 g/mol. The second-order valence-corrected chi connectivity index (χ2v) is 4.89. The fraction of sp³-hybridized carbons (Fsp3) is 0.188.